The molecule has 0 bridgehead atoms. The highest BCUT2D eigenvalue weighted by Gasteiger charge is 2.23. The Bertz CT molecular complexity index is 830. The Morgan fingerprint density at radius 2 is 2.16 bits per heavy atom. The van der Waals surface area contributed by atoms with Gasteiger partial charge in [-0.2, -0.15) is 0 Å². The van der Waals surface area contributed by atoms with E-state index in [1.165, 1.54) is 24.5 Å². The Balaban J connectivity index is 1.69. The number of nitrogens with zero attached hydrogens (tertiary/aromatic N) is 1. The molecule has 1 amide bonds. The van der Waals surface area contributed by atoms with Crippen LogP contribution in [0.25, 0.3) is 0 Å². The van der Waals surface area contributed by atoms with Gasteiger partial charge in [0.2, 0.25) is 0 Å². The number of ether oxygens (including phenoxy) is 2. The van der Waals surface area contributed by atoms with Gasteiger partial charge in [0.15, 0.2) is 17.5 Å². The minimum atomic E-state index is -0.507. The first-order valence-electron chi connectivity index (χ1n) is 7.71. The van der Waals surface area contributed by atoms with Crippen molar-refractivity contribution in [2.45, 2.75) is 19.3 Å². The summed E-state index contributed by atoms with van der Waals surface area (Å²) in [5.41, 5.74) is 1.12. The monoisotopic (exact) mass is 360 g/mol. The standard InChI is InChI=1S/C17H16N2O5S/c1-23-14(21)9-24-11-5-2-4-10(8-11)16(22)19-17-18-12-6-3-7-13(20)15(12)25-17/h2,4-5,8H,3,6-7,9H2,1H3,(H,18,19,22). The fraction of sp³-hybridized carbons (Fsp3) is 0.294. The molecule has 130 valence electrons. The second-order valence-corrected chi connectivity index (χ2v) is 6.42. The highest BCUT2D eigenvalue weighted by atomic mass is 32.1. The highest BCUT2D eigenvalue weighted by Crippen LogP contribution is 2.30. The molecule has 2 aromatic rings. The first-order valence-corrected chi connectivity index (χ1v) is 8.52. The summed E-state index contributed by atoms with van der Waals surface area (Å²) in [6, 6.07) is 6.44. The zero-order chi connectivity index (χ0) is 17.8. The number of benzene rings is 1. The number of anilines is 1. The van der Waals surface area contributed by atoms with E-state index in [2.05, 4.69) is 15.0 Å². The Kier molecular flexibility index (Phi) is 5.08. The smallest absolute Gasteiger partial charge is 0.343 e. The maximum Gasteiger partial charge on any atom is 0.343 e. The summed E-state index contributed by atoms with van der Waals surface area (Å²) in [6.07, 6.45) is 2.08. The van der Waals surface area contributed by atoms with Gasteiger partial charge in [-0.3, -0.25) is 14.9 Å². The number of carbonyl (C=O) groups excluding carboxylic acids is 3. The predicted molar refractivity (Wildman–Crippen MR) is 91.3 cm³/mol. The molecule has 0 atom stereocenters. The number of hydrogen-bond acceptors (Lipinski definition) is 7. The summed E-state index contributed by atoms with van der Waals surface area (Å²) in [4.78, 5) is 40.3. The van der Waals surface area contributed by atoms with Crippen molar-refractivity contribution in [3.63, 3.8) is 0 Å². The Labute approximate surface area is 148 Å². The Hall–Kier alpha value is -2.74. The molecular formula is C17H16N2O5S. The lowest BCUT2D eigenvalue weighted by Crippen LogP contribution is -2.14. The average Bonchev–Trinajstić information content (AvgIpc) is 3.03. The molecule has 0 saturated heterocycles. The SMILES string of the molecule is COC(=O)COc1cccc(C(=O)Nc2nc3c(s2)C(=O)CCC3)c1. The summed E-state index contributed by atoms with van der Waals surface area (Å²) in [7, 11) is 1.27. The number of methoxy groups -OCH3 is 1. The van der Waals surface area contributed by atoms with Crippen LogP contribution in [0.1, 0.15) is 38.6 Å². The first-order chi connectivity index (χ1) is 12.1. The maximum atomic E-state index is 12.4. The fourth-order valence-corrected chi connectivity index (χ4v) is 3.39. The van der Waals surface area contributed by atoms with Crippen LogP contribution in [0.2, 0.25) is 0 Å². The molecule has 1 aromatic heterocycles. The third-order valence-corrected chi connectivity index (χ3v) is 4.72. The highest BCUT2D eigenvalue weighted by molar-refractivity contribution is 7.17. The lowest BCUT2D eigenvalue weighted by atomic mass is 10.0. The lowest BCUT2D eigenvalue weighted by Gasteiger charge is -2.07. The van der Waals surface area contributed by atoms with Crippen LogP contribution in [0.4, 0.5) is 5.13 Å². The topological polar surface area (TPSA) is 94.6 Å². The summed E-state index contributed by atoms with van der Waals surface area (Å²) in [5, 5.41) is 3.12. The number of nitrogens with one attached hydrogen (secondary N) is 1. The molecule has 1 N–H and O–H groups in total. The van der Waals surface area contributed by atoms with E-state index in [-0.39, 0.29) is 18.3 Å². The zero-order valence-corrected chi connectivity index (χ0v) is 14.4. The van der Waals surface area contributed by atoms with E-state index in [1.807, 2.05) is 0 Å². The minimum Gasteiger partial charge on any atom is -0.482 e. The van der Waals surface area contributed by atoms with Crippen LogP contribution in [0.15, 0.2) is 24.3 Å². The molecule has 3 rings (SSSR count). The van der Waals surface area contributed by atoms with Crippen molar-refractivity contribution in [3.05, 3.63) is 40.4 Å². The summed E-state index contributed by atoms with van der Waals surface area (Å²) in [5.74, 6) is -0.404. The number of aryl methyl sites for hydroxylation is 1. The Morgan fingerprint density at radius 1 is 1.32 bits per heavy atom. The number of Topliss-reactive ketones (excluding diaryl/α,β-unsaturated/α-hetero) is 1. The van der Waals surface area contributed by atoms with E-state index < -0.39 is 5.97 Å². The second-order valence-electron chi connectivity index (χ2n) is 5.42. The molecule has 1 aliphatic carbocycles. The fourth-order valence-electron chi connectivity index (χ4n) is 2.42. The van der Waals surface area contributed by atoms with Crippen LogP contribution in [0.5, 0.6) is 5.75 Å². The number of hydrogen-bond donors (Lipinski definition) is 1. The number of rotatable bonds is 5. The first kappa shape index (κ1) is 17.1. The van der Waals surface area contributed by atoms with Crippen molar-refractivity contribution in [1.82, 2.24) is 4.98 Å². The van der Waals surface area contributed by atoms with Crippen LogP contribution < -0.4 is 10.1 Å². The van der Waals surface area contributed by atoms with Gasteiger partial charge in [0, 0.05) is 12.0 Å². The van der Waals surface area contributed by atoms with E-state index in [9.17, 15) is 14.4 Å². The molecule has 0 spiro atoms. The van der Waals surface area contributed by atoms with Gasteiger partial charge in [0.25, 0.3) is 5.91 Å². The summed E-state index contributed by atoms with van der Waals surface area (Å²) >= 11 is 1.20. The van der Waals surface area contributed by atoms with Crippen molar-refractivity contribution < 1.29 is 23.9 Å². The molecule has 7 nitrogen and oxygen atoms in total. The molecule has 0 aliphatic heterocycles. The number of esters is 1. The molecule has 8 heteroatoms. The van der Waals surface area contributed by atoms with Crippen LogP contribution in [0.3, 0.4) is 0 Å². The van der Waals surface area contributed by atoms with E-state index in [0.29, 0.717) is 27.7 Å². The quantitative estimate of drug-likeness (QED) is 0.823. The number of ketones is 1. The summed E-state index contributed by atoms with van der Waals surface area (Å²) in [6.45, 7) is -0.233. The predicted octanol–water partition coefficient (Wildman–Crippen LogP) is 2.47. The molecule has 0 fully saturated rings. The normalized spacial score (nSPS) is 13.1. The number of aromatic nitrogens is 1. The Morgan fingerprint density at radius 3 is 2.92 bits per heavy atom. The third kappa shape index (κ3) is 4.03. The van der Waals surface area contributed by atoms with E-state index in [0.717, 1.165) is 18.5 Å². The van der Waals surface area contributed by atoms with Crippen LogP contribution >= 0.6 is 11.3 Å². The van der Waals surface area contributed by atoms with Gasteiger partial charge in [-0.05, 0) is 31.0 Å². The second kappa shape index (κ2) is 7.43. The molecule has 0 unspecified atom stereocenters. The zero-order valence-electron chi connectivity index (χ0n) is 13.5. The van der Waals surface area contributed by atoms with Crippen molar-refractivity contribution >= 4 is 34.1 Å². The van der Waals surface area contributed by atoms with Gasteiger partial charge in [-0.25, -0.2) is 9.78 Å². The molecular weight excluding hydrogens is 344 g/mol. The molecule has 1 aliphatic rings. The molecule has 1 heterocycles. The number of thiazole rings is 1. The number of fused-ring (bicyclic) bond motifs is 1. The van der Waals surface area contributed by atoms with Gasteiger partial charge in [-0.15, -0.1) is 0 Å². The van der Waals surface area contributed by atoms with Gasteiger partial charge >= 0.3 is 5.97 Å². The molecule has 0 radical (unpaired) electrons. The van der Waals surface area contributed by atoms with Gasteiger partial charge in [0.05, 0.1) is 17.7 Å². The maximum absolute atomic E-state index is 12.4. The average molecular weight is 360 g/mol. The van der Waals surface area contributed by atoms with Crippen molar-refractivity contribution in [2.24, 2.45) is 0 Å². The number of amides is 1. The van der Waals surface area contributed by atoms with Gasteiger partial charge in [0.1, 0.15) is 5.75 Å². The van der Waals surface area contributed by atoms with E-state index >= 15 is 0 Å². The van der Waals surface area contributed by atoms with Crippen molar-refractivity contribution in [3.8, 4) is 5.75 Å². The van der Waals surface area contributed by atoms with Crippen LogP contribution in [-0.2, 0) is 16.0 Å². The van der Waals surface area contributed by atoms with Gasteiger partial charge < -0.3 is 9.47 Å². The summed E-state index contributed by atoms with van der Waals surface area (Å²) < 4.78 is 9.77. The van der Waals surface area contributed by atoms with E-state index in [1.54, 1.807) is 18.2 Å². The van der Waals surface area contributed by atoms with Crippen molar-refractivity contribution in [2.75, 3.05) is 19.0 Å². The molecule has 25 heavy (non-hydrogen) atoms. The molecule has 0 saturated carbocycles. The van der Waals surface area contributed by atoms with Gasteiger partial charge in [-0.1, -0.05) is 17.4 Å². The van der Waals surface area contributed by atoms with E-state index in [4.69, 9.17) is 4.74 Å². The molecule has 1 aromatic carbocycles. The van der Waals surface area contributed by atoms with Crippen molar-refractivity contribution in [1.29, 1.82) is 0 Å². The van der Waals surface area contributed by atoms with Crippen LogP contribution in [0, 0.1) is 0 Å². The lowest BCUT2D eigenvalue weighted by molar-refractivity contribution is -0.142. The third-order valence-electron chi connectivity index (χ3n) is 3.67. The minimum absolute atomic E-state index is 0.0810. The number of carbonyl (C=O) groups is 3. The largest absolute Gasteiger partial charge is 0.482 e. The van der Waals surface area contributed by atoms with Crippen LogP contribution in [-0.4, -0.2) is 36.4 Å².